The van der Waals surface area contributed by atoms with Crippen molar-refractivity contribution in [3.63, 3.8) is 0 Å². The quantitative estimate of drug-likeness (QED) is 0.647. The standard InChI is InChI=1S/C22H20FN3O2/c1-14(27)19-20(16-7-3-2-4-8-16)25-26(13-15-11-12-15)22(28)21(19)24-18-10-6-5-9-17(18)23/h2-10,15,24H,11-13H2,1H3. The zero-order valence-electron chi connectivity index (χ0n) is 15.5. The van der Waals surface area contributed by atoms with Gasteiger partial charge in [0, 0.05) is 12.1 Å². The highest BCUT2D eigenvalue weighted by Crippen LogP contribution is 2.32. The Morgan fingerprint density at radius 1 is 1.14 bits per heavy atom. The molecule has 5 nitrogen and oxygen atoms in total. The first-order valence-corrected chi connectivity index (χ1v) is 9.27. The maximum Gasteiger partial charge on any atom is 0.291 e. The highest BCUT2D eigenvalue weighted by atomic mass is 19.1. The number of rotatable bonds is 6. The van der Waals surface area contributed by atoms with E-state index >= 15 is 0 Å². The van der Waals surface area contributed by atoms with Crippen molar-refractivity contribution in [3.8, 4) is 11.3 Å². The fourth-order valence-corrected chi connectivity index (χ4v) is 3.19. The van der Waals surface area contributed by atoms with Crippen LogP contribution in [0.1, 0.15) is 30.1 Å². The Bertz CT molecular complexity index is 1090. The maximum absolute atomic E-state index is 14.2. The van der Waals surface area contributed by atoms with Crippen molar-refractivity contribution in [3.05, 3.63) is 76.3 Å². The molecule has 1 N–H and O–H groups in total. The highest BCUT2D eigenvalue weighted by molar-refractivity contribution is 6.05. The smallest absolute Gasteiger partial charge is 0.291 e. The van der Waals surface area contributed by atoms with Crippen LogP contribution in [-0.2, 0) is 6.54 Å². The number of para-hydroxylation sites is 1. The van der Waals surface area contributed by atoms with Crippen LogP contribution >= 0.6 is 0 Å². The van der Waals surface area contributed by atoms with Crippen molar-refractivity contribution in [1.82, 2.24) is 9.78 Å². The molecule has 0 atom stereocenters. The number of carbonyl (C=O) groups excluding carboxylic acids is 1. The molecule has 1 saturated carbocycles. The monoisotopic (exact) mass is 377 g/mol. The molecule has 1 heterocycles. The van der Waals surface area contributed by atoms with E-state index in [1.807, 2.05) is 30.3 Å². The van der Waals surface area contributed by atoms with Crippen molar-refractivity contribution in [1.29, 1.82) is 0 Å². The fraction of sp³-hybridized carbons (Fsp3) is 0.227. The number of hydrogen-bond donors (Lipinski definition) is 1. The molecule has 0 spiro atoms. The van der Waals surface area contributed by atoms with Crippen LogP contribution < -0.4 is 10.9 Å². The van der Waals surface area contributed by atoms with E-state index in [-0.39, 0.29) is 22.7 Å². The van der Waals surface area contributed by atoms with Gasteiger partial charge in [0.1, 0.15) is 17.2 Å². The van der Waals surface area contributed by atoms with Gasteiger partial charge in [-0.15, -0.1) is 0 Å². The van der Waals surface area contributed by atoms with E-state index in [1.54, 1.807) is 12.1 Å². The Morgan fingerprint density at radius 3 is 2.46 bits per heavy atom. The molecule has 0 amide bonds. The Hall–Kier alpha value is -3.28. The lowest BCUT2D eigenvalue weighted by Gasteiger charge is -2.17. The molecule has 6 heteroatoms. The summed E-state index contributed by atoms with van der Waals surface area (Å²) in [5.41, 5.74) is 1.12. The van der Waals surface area contributed by atoms with Gasteiger partial charge < -0.3 is 5.32 Å². The summed E-state index contributed by atoms with van der Waals surface area (Å²) in [7, 11) is 0. The number of halogens is 1. The second-order valence-electron chi connectivity index (χ2n) is 7.06. The van der Waals surface area contributed by atoms with E-state index in [2.05, 4.69) is 10.4 Å². The second kappa shape index (κ2) is 7.38. The first-order chi connectivity index (χ1) is 13.5. The van der Waals surface area contributed by atoms with Gasteiger partial charge in [-0.3, -0.25) is 9.59 Å². The van der Waals surface area contributed by atoms with Crippen LogP contribution in [0.2, 0.25) is 0 Å². The van der Waals surface area contributed by atoms with Crippen LogP contribution in [0.5, 0.6) is 0 Å². The maximum atomic E-state index is 14.2. The lowest BCUT2D eigenvalue weighted by Crippen LogP contribution is -2.29. The number of anilines is 2. The minimum absolute atomic E-state index is 0.0621. The third-order valence-electron chi connectivity index (χ3n) is 4.82. The van der Waals surface area contributed by atoms with Crippen LogP contribution in [0.4, 0.5) is 15.8 Å². The van der Waals surface area contributed by atoms with E-state index in [0.717, 1.165) is 18.4 Å². The van der Waals surface area contributed by atoms with Crippen molar-refractivity contribution >= 4 is 17.2 Å². The summed E-state index contributed by atoms with van der Waals surface area (Å²) in [6.45, 7) is 1.88. The van der Waals surface area contributed by atoms with Crippen molar-refractivity contribution in [2.45, 2.75) is 26.3 Å². The Labute approximate surface area is 161 Å². The molecule has 0 saturated heterocycles. The average molecular weight is 377 g/mol. The number of nitrogens with one attached hydrogen (secondary N) is 1. The fourth-order valence-electron chi connectivity index (χ4n) is 3.19. The van der Waals surface area contributed by atoms with Gasteiger partial charge >= 0.3 is 0 Å². The van der Waals surface area contributed by atoms with Crippen LogP contribution in [0.25, 0.3) is 11.3 Å². The zero-order valence-corrected chi connectivity index (χ0v) is 15.5. The zero-order chi connectivity index (χ0) is 19.7. The van der Waals surface area contributed by atoms with Gasteiger partial charge in [-0.1, -0.05) is 42.5 Å². The average Bonchev–Trinajstić information content (AvgIpc) is 3.51. The van der Waals surface area contributed by atoms with E-state index < -0.39 is 11.4 Å². The molecule has 28 heavy (non-hydrogen) atoms. The SMILES string of the molecule is CC(=O)c1c(-c2ccccc2)nn(CC2CC2)c(=O)c1Nc1ccccc1F. The Morgan fingerprint density at radius 2 is 1.82 bits per heavy atom. The van der Waals surface area contributed by atoms with Crippen molar-refractivity contribution in [2.24, 2.45) is 5.92 Å². The number of hydrogen-bond acceptors (Lipinski definition) is 4. The van der Waals surface area contributed by atoms with E-state index in [0.29, 0.717) is 18.2 Å². The topological polar surface area (TPSA) is 64.0 Å². The van der Waals surface area contributed by atoms with E-state index in [1.165, 1.54) is 23.7 Å². The molecule has 4 rings (SSSR count). The Kier molecular flexibility index (Phi) is 4.77. The molecule has 0 radical (unpaired) electrons. The first-order valence-electron chi connectivity index (χ1n) is 9.27. The summed E-state index contributed by atoms with van der Waals surface area (Å²) < 4.78 is 15.6. The summed E-state index contributed by atoms with van der Waals surface area (Å²) in [6.07, 6.45) is 2.11. The summed E-state index contributed by atoms with van der Waals surface area (Å²) in [6, 6.07) is 15.3. The van der Waals surface area contributed by atoms with Crippen molar-refractivity contribution in [2.75, 3.05) is 5.32 Å². The predicted octanol–water partition coefficient (Wildman–Crippen LogP) is 4.41. The number of aromatic nitrogens is 2. The molecule has 1 aliphatic carbocycles. The van der Waals surface area contributed by atoms with Crippen LogP contribution in [0.15, 0.2) is 59.4 Å². The Balaban J connectivity index is 1.94. The molecular formula is C22H20FN3O2. The van der Waals surface area contributed by atoms with Gasteiger partial charge in [-0.05, 0) is 37.8 Å². The second-order valence-corrected chi connectivity index (χ2v) is 7.06. The molecule has 1 fully saturated rings. The largest absolute Gasteiger partial charge is 0.348 e. The minimum atomic E-state index is -0.497. The molecule has 0 bridgehead atoms. The third kappa shape index (κ3) is 3.58. The number of benzene rings is 2. The van der Waals surface area contributed by atoms with Gasteiger partial charge in [0.25, 0.3) is 5.56 Å². The number of ketones is 1. The molecule has 3 aromatic rings. The molecule has 2 aromatic carbocycles. The normalized spacial score (nSPS) is 13.4. The predicted molar refractivity (Wildman–Crippen MR) is 106 cm³/mol. The molecule has 142 valence electrons. The summed E-state index contributed by atoms with van der Waals surface area (Å²) in [4.78, 5) is 25.6. The third-order valence-corrected chi connectivity index (χ3v) is 4.82. The van der Waals surface area contributed by atoms with Gasteiger partial charge in [0.15, 0.2) is 5.78 Å². The number of carbonyl (C=O) groups is 1. The molecule has 1 aliphatic rings. The minimum Gasteiger partial charge on any atom is -0.348 e. The summed E-state index contributed by atoms with van der Waals surface area (Å²) >= 11 is 0. The lowest BCUT2D eigenvalue weighted by atomic mass is 10.0. The van der Waals surface area contributed by atoms with Crippen LogP contribution in [0, 0.1) is 11.7 Å². The van der Waals surface area contributed by atoms with Gasteiger partial charge in [0.2, 0.25) is 0 Å². The molecule has 1 aromatic heterocycles. The summed E-state index contributed by atoms with van der Waals surface area (Å²) in [5.74, 6) is -0.387. The first kappa shape index (κ1) is 18.1. The number of Topliss-reactive ketones (excluding diaryl/α,β-unsaturated/α-hetero) is 1. The molecule has 0 unspecified atom stereocenters. The van der Waals surface area contributed by atoms with Gasteiger partial charge in [-0.2, -0.15) is 5.10 Å². The van der Waals surface area contributed by atoms with E-state index in [4.69, 9.17) is 0 Å². The lowest BCUT2D eigenvalue weighted by molar-refractivity contribution is 0.101. The van der Waals surface area contributed by atoms with Crippen molar-refractivity contribution < 1.29 is 9.18 Å². The summed E-state index contributed by atoms with van der Waals surface area (Å²) in [5, 5.41) is 7.38. The van der Waals surface area contributed by atoms with E-state index in [9.17, 15) is 14.0 Å². The van der Waals surface area contributed by atoms with Crippen LogP contribution in [0.3, 0.4) is 0 Å². The highest BCUT2D eigenvalue weighted by Gasteiger charge is 2.27. The number of nitrogens with zero attached hydrogens (tertiary/aromatic N) is 2. The van der Waals surface area contributed by atoms with Gasteiger partial charge in [-0.25, -0.2) is 9.07 Å². The molecule has 0 aliphatic heterocycles. The molecular weight excluding hydrogens is 357 g/mol. The van der Waals surface area contributed by atoms with Crippen LogP contribution in [-0.4, -0.2) is 15.6 Å². The van der Waals surface area contributed by atoms with Gasteiger partial charge in [0.05, 0.1) is 11.3 Å².